The normalized spacial score (nSPS) is 10.7. The van der Waals surface area contributed by atoms with Crippen molar-refractivity contribution in [2.75, 3.05) is 10.6 Å². The van der Waals surface area contributed by atoms with Gasteiger partial charge in [0.05, 0.1) is 0 Å². The summed E-state index contributed by atoms with van der Waals surface area (Å²) in [5, 5.41) is 7.56. The van der Waals surface area contributed by atoms with Crippen molar-refractivity contribution in [1.82, 2.24) is 9.97 Å². The van der Waals surface area contributed by atoms with Crippen LogP contribution in [-0.2, 0) is 0 Å². The van der Waals surface area contributed by atoms with Gasteiger partial charge in [0, 0.05) is 39.5 Å². The van der Waals surface area contributed by atoms with Gasteiger partial charge in [-0.1, -0.05) is 41.9 Å². The summed E-state index contributed by atoms with van der Waals surface area (Å²) in [6.07, 6.45) is 7.12. The first-order valence-electron chi connectivity index (χ1n) is 7.83. The minimum Gasteiger partial charge on any atom is -0.356 e. The van der Waals surface area contributed by atoms with Gasteiger partial charge in [0.2, 0.25) is 5.95 Å². The van der Waals surface area contributed by atoms with E-state index in [1.807, 2.05) is 42.5 Å². The van der Waals surface area contributed by atoms with Crippen molar-refractivity contribution in [2.24, 2.45) is 0 Å². The highest BCUT2D eigenvalue weighted by atomic mass is 35.5. The molecule has 0 fully saturated rings. The molecule has 26 heavy (non-hydrogen) atoms. The van der Waals surface area contributed by atoms with E-state index >= 15 is 0 Å². The van der Waals surface area contributed by atoms with Crippen LogP contribution in [0.1, 0.15) is 5.56 Å². The van der Waals surface area contributed by atoms with Crippen LogP contribution in [0.2, 0.25) is 10.0 Å². The number of nitrogens with zero attached hydrogens (tertiary/aromatic N) is 2. The Morgan fingerprint density at radius 1 is 0.962 bits per heavy atom. The summed E-state index contributed by atoms with van der Waals surface area (Å²) in [5.74, 6) is 0.556. The molecule has 3 aromatic rings. The van der Waals surface area contributed by atoms with E-state index in [1.165, 1.54) is 0 Å². The minimum atomic E-state index is 0.556. The Bertz CT molecular complexity index is 922. The van der Waals surface area contributed by atoms with E-state index in [0.29, 0.717) is 16.0 Å². The van der Waals surface area contributed by atoms with Crippen molar-refractivity contribution < 1.29 is 0 Å². The quantitative estimate of drug-likeness (QED) is 0.500. The molecule has 130 valence electrons. The van der Waals surface area contributed by atoms with Gasteiger partial charge in [-0.25, -0.2) is 9.97 Å². The Balaban J connectivity index is 1.60. The Morgan fingerprint density at radius 2 is 1.65 bits per heavy atom. The van der Waals surface area contributed by atoms with Gasteiger partial charge in [-0.2, -0.15) is 0 Å². The molecular weight excluding hydrogens is 367 g/mol. The van der Waals surface area contributed by atoms with Crippen LogP contribution in [0.4, 0.5) is 17.3 Å². The van der Waals surface area contributed by atoms with Gasteiger partial charge >= 0.3 is 0 Å². The van der Waals surface area contributed by atoms with Crippen molar-refractivity contribution in [3.63, 3.8) is 0 Å². The fourth-order valence-corrected chi connectivity index (χ4v) is 2.66. The number of allylic oxidation sites excluding steroid dienone is 1. The molecule has 3 rings (SSSR count). The third kappa shape index (κ3) is 5.09. The van der Waals surface area contributed by atoms with Gasteiger partial charge < -0.3 is 10.6 Å². The van der Waals surface area contributed by atoms with Crippen LogP contribution < -0.4 is 10.6 Å². The average Bonchev–Trinajstić information content (AvgIpc) is 2.63. The monoisotopic (exact) mass is 382 g/mol. The second-order valence-corrected chi connectivity index (χ2v) is 6.27. The maximum absolute atomic E-state index is 6.15. The van der Waals surface area contributed by atoms with Gasteiger partial charge in [0.25, 0.3) is 0 Å². The van der Waals surface area contributed by atoms with Crippen molar-refractivity contribution in [3.05, 3.63) is 94.9 Å². The van der Waals surface area contributed by atoms with Crippen molar-refractivity contribution >= 4 is 46.6 Å². The standard InChI is InChI=1S/C20H16Cl2N4/c1-14(3-4-15-5-6-16(21)13-19(15)22)25-17-7-9-18(10-8-17)26-20-23-11-2-12-24-20/h2-13,25H,1H2,(H,23,24,26)/b4-3+. The van der Waals surface area contributed by atoms with Crippen LogP contribution in [0.5, 0.6) is 0 Å². The van der Waals surface area contributed by atoms with Crippen LogP contribution >= 0.6 is 23.2 Å². The van der Waals surface area contributed by atoms with Crippen molar-refractivity contribution in [3.8, 4) is 0 Å². The molecule has 2 aromatic carbocycles. The second kappa shape index (κ2) is 8.52. The van der Waals surface area contributed by atoms with Gasteiger partial charge in [-0.3, -0.25) is 0 Å². The summed E-state index contributed by atoms with van der Waals surface area (Å²) in [6.45, 7) is 4.00. The fourth-order valence-electron chi connectivity index (χ4n) is 2.18. The van der Waals surface area contributed by atoms with E-state index in [9.17, 15) is 0 Å². The number of hydrogen-bond acceptors (Lipinski definition) is 4. The van der Waals surface area contributed by atoms with Gasteiger partial charge in [-0.15, -0.1) is 0 Å². The molecular formula is C20H16Cl2N4. The minimum absolute atomic E-state index is 0.556. The van der Waals surface area contributed by atoms with Gasteiger partial charge in [0.1, 0.15) is 0 Å². The molecule has 0 saturated carbocycles. The van der Waals surface area contributed by atoms with E-state index in [-0.39, 0.29) is 0 Å². The molecule has 0 bridgehead atoms. The molecule has 0 spiro atoms. The summed E-state index contributed by atoms with van der Waals surface area (Å²) in [7, 11) is 0. The lowest BCUT2D eigenvalue weighted by Gasteiger charge is -2.08. The summed E-state index contributed by atoms with van der Waals surface area (Å²) in [4.78, 5) is 8.26. The predicted molar refractivity (Wildman–Crippen MR) is 110 cm³/mol. The van der Waals surface area contributed by atoms with Crippen LogP contribution in [0, 0.1) is 0 Å². The summed E-state index contributed by atoms with van der Waals surface area (Å²) in [5.41, 5.74) is 3.43. The van der Waals surface area contributed by atoms with Gasteiger partial charge in [-0.05, 0) is 54.1 Å². The van der Waals surface area contributed by atoms with Crippen LogP contribution in [0.25, 0.3) is 6.08 Å². The Labute approximate surface area is 162 Å². The highest BCUT2D eigenvalue weighted by molar-refractivity contribution is 6.35. The molecule has 0 aliphatic carbocycles. The lowest BCUT2D eigenvalue weighted by Crippen LogP contribution is -1.97. The number of aromatic nitrogens is 2. The van der Waals surface area contributed by atoms with E-state index in [4.69, 9.17) is 23.2 Å². The molecule has 0 atom stereocenters. The molecule has 0 amide bonds. The first-order chi connectivity index (χ1) is 12.6. The first-order valence-corrected chi connectivity index (χ1v) is 8.59. The molecule has 0 aliphatic rings. The third-order valence-corrected chi connectivity index (χ3v) is 4.00. The number of hydrogen-bond donors (Lipinski definition) is 2. The zero-order valence-corrected chi connectivity index (χ0v) is 15.3. The molecule has 0 unspecified atom stereocenters. The van der Waals surface area contributed by atoms with E-state index in [2.05, 4.69) is 27.2 Å². The molecule has 6 heteroatoms. The molecule has 1 aromatic heterocycles. The summed E-state index contributed by atoms with van der Waals surface area (Å²) < 4.78 is 0. The Kier molecular flexibility index (Phi) is 5.89. The van der Waals surface area contributed by atoms with Gasteiger partial charge in [0.15, 0.2) is 0 Å². The van der Waals surface area contributed by atoms with E-state index < -0.39 is 0 Å². The van der Waals surface area contributed by atoms with Crippen molar-refractivity contribution in [1.29, 1.82) is 0 Å². The maximum atomic E-state index is 6.15. The lowest BCUT2D eigenvalue weighted by atomic mass is 10.2. The molecule has 0 saturated heterocycles. The van der Waals surface area contributed by atoms with Crippen LogP contribution in [0.3, 0.4) is 0 Å². The highest BCUT2D eigenvalue weighted by Gasteiger charge is 1.99. The molecule has 0 aliphatic heterocycles. The first kappa shape index (κ1) is 18.0. The van der Waals surface area contributed by atoms with E-state index in [1.54, 1.807) is 30.6 Å². The average molecular weight is 383 g/mol. The number of rotatable bonds is 6. The van der Waals surface area contributed by atoms with Crippen LogP contribution in [-0.4, -0.2) is 9.97 Å². The Hall–Kier alpha value is -2.82. The zero-order chi connectivity index (χ0) is 18.4. The third-order valence-electron chi connectivity index (χ3n) is 3.44. The van der Waals surface area contributed by atoms with E-state index in [0.717, 1.165) is 22.6 Å². The Morgan fingerprint density at radius 3 is 2.35 bits per heavy atom. The van der Waals surface area contributed by atoms with Crippen LogP contribution in [0.15, 0.2) is 79.3 Å². The summed E-state index contributed by atoms with van der Waals surface area (Å²) in [6, 6.07) is 14.9. The predicted octanol–water partition coefficient (Wildman–Crippen LogP) is 6.17. The highest BCUT2D eigenvalue weighted by Crippen LogP contribution is 2.23. The fraction of sp³-hybridized carbons (Fsp3) is 0. The number of halogens is 2. The second-order valence-electron chi connectivity index (χ2n) is 5.42. The maximum Gasteiger partial charge on any atom is 0.227 e. The zero-order valence-electron chi connectivity index (χ0n) is 13.8. The topological polar surface area (TPSA) is 49.8 Å². The number of nitrogens with one attached hydrogen (secondary N) is 2. The molecule has 2 N–H and O–H groups in total. The molecule has 1 heterocycles. The smallest absolute Gasteiger partial charge is 0.227 e. The number of anilines is 3. The molecule has 4 nitrogen and oxygen atoms in total. The summed E-state index contributed by atoms with van der Waals surface area (Å²) >= 11 is 12.1. The lowest BCUT2D eigenvalue weighted by molar-refractivity contribution is 1.17. The largest absolute Gasteiger partial charge is 0.356 e. The number of benzene rings is 2. The SMILES string of the molecule is C=C(/C=C/c1ccc(Cl)cc1Cl)Nc1ccc(Nc2ncccn2)cc1. The molecule has 0 radical (unpaired) electrons. The van der Waals surface area contributed by atoms with Crippen molar-refractivity contribution in [2.45, 2.75) is 0 Å².